The monoisotopic (exact) mass is 521 g/mol. The number of carbonyl (C=O) groups is 2. The molecular weight excluding hydrogens is 501 g/mol. The highest BCUT2D eigenvalue weighted by Gasteiger charge is 2.41. The molecule has 2 amide bonds. The molecule has 5 nitrogen and oxygen atoms in total. The van der Waals surface area contributed by atoms with Crippen molar-refractivity contribution in [1.29, 1.82) is 5.26 Å². The van der Waals surface area contributed by atoms with E-state index in [0.29, 0.717) is 32.9 Å². The first-order valence-corrected chi connectivity index (χ1v) is 12.4. The van der Waals surface area contributed by atoms with Crippen LogP contribution in [0.2, 0.25) is 10.0 Å². The number of para-hydroxylation sites is 2. The molecule has 1 fully saturated rings. The van der Waals surface area contributed by atoms with Crippen molar-refractivity contribution in [3.63, 3.8) is 0 Å². The number of nitrogens with zero attached hydrogens (tertiary/aromatic N) is 2. The van der Waals surface area contributed by atoms with E-state index in [9.17, 15) is 14.9 Å². The zero-order valence-electron chi connectivity index (χ0n) is 19.0. The first kappa shape index (κ1) is 24.9. The van der Waals surface area contributed by atoms with Gasteiger partial charge in [0, 0.05) is 15.7 Å². The maximum Gasteiger partial charge on any atom is 0.269 e. The third kappa shape index (κ3) is 5.23. The van der Waals surface area contributed by atoms with Gasteiger partial charge in [-0.05, 0) is 67.3 Å². The van der Waals surface area contributed by atoms with Crippen LogP contribution in [-0.4, -0.2) is 17.1 Å². The lowest BCUT2D eigenvalue weighted by atomic mass is 10.1. The number of anilines is 2. The standard InChI is InChI=1S/C27H21Cl2N3O2S/c1-16-7-3-5-9-22(16)31-25(33)20(15-30)27-32(23-10-6-4-8-17(23)2)26(34)24(35-27)14-18-13-19(28)11-12-21(18)29/h3-13,24H,14H2,1-2H3,(H,31,33). The van der Waals surface area contributed by atoms with E-state index >= 15 is 0 Å². The molecule has 4 rings (SSSR count). The third-order valence-electron chi connectivity index (χ3n) is 5.67. The topological polar surface area (TPSA) is 73.2 Å². The average Bonchev–Trinajstić information content (AvgIpc) is 3.14. The summed E-state index contributed by atoms with van der Waals surface area (Å²) in [6.07, 6.45) is 0.299. The Hall–Kier alpha value is -3.24. The van der Waals surface area contributed by atoms with E-state index in [0.717, 1.165) is 16.7 Å². The molecule has 0 radical (unpaired) electrons. The van der Waals surface area contributed by atoms with E-state index in [1.54, 1.807) is 36.4 Å². The van der Waals surface area contributed by atoms with Crippen LogP contribution in [0.5, 0.6) is 0 Å². The largest absolute Gasteiger partial charge is 0.321 e. The van der Waals surface area contributed by atoms with Crippen molar-refractivity contribution in [2.45, 2.75) is 25.5 Å². The van der Waals surface area contributed by atoms with Crippen molar-refractivity contribution in [3.8, 4) is 6.07 Å². The fourth-order valence-electron chi connectivity index (χ4n) is 3.82. The van der Waals surface area contributed by atoms with Gasteiger partial charge in [0.2, 0.25) is 5.91 Å². The molecule has 0 aromatic heterocycles. The lowest BCUT2D eigenvalue weighted by molar-refractivity contribution is -0.117. The summed E-state index contributed by atoms with van der Waals surface area (Å²) in [4.78, 5) is 28.4. The number of hydrogen-bond donors (Lipinski definition) is 1. The molecule has 1 atom stereocenters. The first-order chi connectivity index (χ1) is 16.8. The van der Waals surface area contributed by atoms with Crippen molar-refractivity contribution in [2.24, 2.45) is 0 Å². The van der Waals surface area contributed by atoms with Crippen LogP contribution in [0.3, 0.4) is 0 Å². The van der Waals surface area contributed by atoms with Crippen LogP contribution in [-0.2, 0) is 16.0 Å². The van der Waals surface area contributed by atoms with Crippen LogP contribution in [0, 0.1) is 25.2 Å². The molecule has 1 heterocycles. The summed E-state index contributed by atoms with van der Waals surface area (Å²) >= 11 is 13.7. The molecule has 3 aromatic carbocycles. The van der Waals surface area contributed by atoms with Crippen molar-refractivity contribution in [2.75, 3.05) is 10.2 Å². The van der Waals surface area contributed by atoms with E-state index in [4.69, 9.17) is 23.2 Å². The number of halogens is 2. The van der Waals surface area contributed by atoms with Crippen molar-refractivity contribution < 1.29 is 9.59 Å². The van der Waals surface area contributed by atoms with Gasteiger partial charge in [-0.15, -0.1) is 0 Å². The Kier molecular flexibility index (Phi) is 7.51. The summed E-state index contributed by atoms with van der Waals surface area (Å²) in [5.41, 5.74) is 3.52. The van der Waals surface area contributed by atoms with E-state index in [1.165, 1.54) is 16.7 Å². The molecule has 1 unspecified atom stereocenters. The molecule has 0 saturated carbocycles. The smallest absolute Gasteiger partial charge is 0.269 e. The minimum Gasteiger partial charge on any atom is -0.321 e. The molecule has 176 valence electrons. The highest BCUT2D eigenvalue weighted by molar-refractivity contribution is 8.05. The molecule has 0 spiro atoms. The average molecular weight is 522 g/mol. The quantitative estimate of drug-likeness (QED) is 0.300. The number of rotatable bonds is 5. The van der Waals surface area contributed by atoms with Gasteiger partial charge >= 0.3 is 0 Å². The highest BCUT2D eigenvalue weighted by Crippen LogP contribution is 2.43. The van der Waals surface area contributed by atoms with E-state index < -0.39 is 11.2 Å². The molecule has 3 aromatic rings. The Morgan fingerprint density at radius 2 is 1.74 bits per heavy atom. The predicted octanol–water partition coefficient (Wildman–Crippen LogP) is 6.68. The van der Waals surface area contributed by atoms with Gasteiger partial charge < -0.3 is 5.32 Å². The van der Waals surface area contributed by atoms with Crippen LogP contribution in [0.1, 0.15) is 16.7 Å². The number of nitriles is 1. The molecule has 1 saturated heterocycles. The number of nitrogens with one attached hydrogen (secondary N) is 1. The van der Waals surface area contributed by atoms with E-state index in [1.807, 2.05) is 50.2 Å². The van der Waals surface area contributed by atoms with Crippen molar-refractivity contribution in [1.82, 2.24) is 0 Å². The van der Waals surface area contributed by atoms with Crippen molar-refractivity contribution >= 4 is 58.2 Å². The molecule has 35 heavy (non-hydrogen) atoms. The minimum atomic E-state index is -0.588. The third-order valence-corrected chi connectivity index (χ3v) is 7.53. The normalized spacial score (nSPS) is 16.7. The van der Waals surface area contributed by atoms with E-state index in [2.05, 4.69) is 5.32 Å². The van der Waals surface area contributed by atoms with Crippen LogP contribution in [0.25, 0.3) is 0 Å². The van der Waals surface area contributed by atoms with Gasteiger partial charge in [0.1, 0.15) is 16.7 Å². The molecule has 1 N–H and O–H groups in total. The second kappa shape index (κ2) is 10.6. The number of benzene rings is 3. The summed E-state index contributed by atoms with van der Waals surface area (Å²) in [6, 6.07) is 21.8. The Labute approximate surface area is 218 Å². The molecule has 0 bridgehead atoms. The Morgan fingerprint density at radius 1 is 1.06 bits per heavy atom. The van der Waals surface area contributed by atoms with E-state index in [-0.39, 0.29) is 11.5 Å². The molecular formula is C27H21Cl2N3O2S. The fraction of sp³-hybridized carbons (Fsp3) is 0.148. The van der Waals surface area contributed by atoms with Gasteiger partial charge in [0.15, 0.2) is 0 Å². The van der Waals surface area contributed by atoms with Gasteiger partial charge in [-0.25, -0.2) is 0 Å². The lowest BCUT2D eigenvalue weighted by Gasteiger charge is -2.21. The van der Waals surface area contributed by atoms with Gasteiger partial charge in [-0.3, -0.25) is 14.5 Å². The van der Waals surface area contributed by atoms with Gasteiger partial charge in [0.05, 0.1) is 10.9 Å². The number of aryl methyl sites for hydroxylation is 2. The van der Waals surface area contributed by atoms with Crippen LogP contribution < -0.4 is 10.2 Å². The summed E-state index contributed by atoms with van der Waals surface area (Å²) in [6.45, 7) is 3.75. The van der Waals surface area contributed by atoms with Crippen LogP contribution >= 0.6 is 35.0 Å². The maximum atomic E-state index is 13.7. The van der Waals surface area contributed by atoms with Gasteiger partial charge in [-0.2, -0.15) is 5.26 Å². The van der Waals surface area contributed by atoms with Crippen LogP contribution in [0.15, 0.2) is 77.3 Å². The first-order valence-electron chi connectivity index (χ1n) is 10.8. The Morgan fingerprint density at radius 3 is 2.43 bits per heavy atom. The molecule has 0 aliphatic carbocycles. The second-order valence-corrected chi connectivity index (χ2v) is 10.1. The predicted molar refractivity (Wildman–Crippen MR) is 143 cm³/mol. The Balaban J connectivity index is 1.77. The summed E-state index contributed by atoms with van der Waals surface area (Å²) < 4.78 is 0. The molecule has 1 aliphatic rings. The lowest BCUT2D eigenvalue weighted by Crippen LogP contribution is -2.31. The number of thioether (sulfide) groups is 1. The van der Waals surface area contributed by atoms with Crippen LogP contribution in [0.4, 0.5) is 11.4 Å². The summed E-state index contributed by atoms with van der Waals surface area (Å²) in [7, 11) is 0. The molecule has 1 aliphatic heterocycles. The molecule has 8 heteroatoms. The van der Waals surface area contributed by atoms with Crippen molar-refractivity contribution in [3.05, 3.63) is 104 Å². The van der Waals surface area contributed by atoms with Gasteiger partial charge in [-0.1, -0.05) is 71.4 Å². The maximum absolute atomic E-state index is 13.7. The number of carbonyl (C=O) groups excluding carboxylic acids is 2. The Bertz CT molecular complexity index is 1400. The SMILES string of the molecule is Cc1ccccc1NC(=O)C(C#N)=C1SC(Cc2cc(Cl)ccc2Cl)C(=O)N1c1ccccc1C. The zero-order valence-corrected chi connectivity index (χ0v) is 21.3. The summed E-state index contributed by atoms with van der Waals surface area (Å²) in [5, 5.41) is 13.6. The number of hydrogen-bond acceptors (Lipinski definition) is 4. The second-order valence-electron chi connectivity index (χ2n) is 8.07. The fourth-order valence-corrected chi connectivity index (χ4v) is 5.50. The highest BCUT2D eigenvalue weighted by atomic mass is 35.5. The zero-order chi connectivity index (χ0) is 25.1. The summed E-state index contributed by atoms with van der Waals surface area (Å²) in [5.74, 6) is -0.802. The number of amides is 2. The van der Waals surface area contributed by atoms with Gasteiger partial charge in [0.25, 0.3) is 5.91 Å². The minimum absolute atomic E-state index is 0.130.